The summed E-state index contributed by atoms with van der Waals surface area (Å²) in [6, 6.07) is 8.93. The summed E-state index contributed by atoms with van der Waals surface area (Å²) in [5.41, 5.74) is 2.74. The number of ketones is 1. The fourth-order valence-corrected chi connectivity index (χ4v) is 2.07. The Labute approximate surface area is 136 Å². The van der Waals surface area contributed by atoms with E-state index < -0.39 is 0 Å². The van der Waals surface area contributed by atoms with Crippen LogP contribution in [0.4, 0.5) is 11.4 Å². The van der Waals surface area contributed by atoms with Crippen molar-refractivity contribution in [2.75, 3.05) is 11.9 Å². The standard InChI is InChI=1S/C18H21N3O2/c1-3-4-9-20-18(23)15-10-17(12-19-11-15)21-16-7-5-14(6-8-16)13(2)22/h5-8,10-12,21H,3-4,9H2,1-2H3,(H,20,23). The number of amides is 1. The van der Waals surface area contributed by atoms with Gasteiger partial charge in [-0.05, 0) is 43.7 Å². The molecule has 0 aliphatic rings. The van der Waals surface area contributed by atoms with Gasteiger partial charge in [0.05, 0.1) is 17.4 Å². The van der Waals surface area contributed by atoms with Crippen LogP contribution >= 0.6 is 0 Å². The van der Waals surface area contributed by atoms with E-state index >= 15 is 0 Å². The number of nitrogens with one attached hydrogen (secondary N) is 2. The normalized spacial score (nSPS) is 10.2. The third kappa shape index (κ3) is 4.92. The number of benzene rings is 1. The number of carbonyl (C=O) groups is 2. The zero-order valence-corrected chi connectivity index (χ0v) is 13.4. The Morgan fingerprint density at radius 3 is 2.43 bits per heavy atom. The fraction of sp³-hybridized carbons (Fsp3) is 0.278. The van der Waals surface area contributed by atoms with E-state index in [0.717, 1.165) is 24.2 Å². The van der Waals surface area contributed by atoms with Crippen LogP contribution in [-0.4, -0.2) is 23.2 Å². The number of hydrogen-bond donors (Lipinski definition) is 2. The van der Waals surface area contributed by atoms with Gasteiger partial charge in [-0.1, -0.05) is 13.3 Å². The summed E-state index contributed by atoms with van der Waals surface area (Å²) in [5, 5.41) is 6.05. The topological polar surface area (TPSA) is 71.1 Å². The average Bonchev–Trinajstić information content (AvgIpc) is 2.56. The molecule has 1 amide bonds. The molecule has 1 aromatic heterocycles. The molecule has 0 aliphatic carbocycles. The van der Waals surface area contributed by atoms with E-state index in [4.69, 9.17) is 0 Å². The lowest BCUT2D eigenvalue weighted by Crippen LogP contribution is -2.24. The zero-order chi connectivity index (χ0) is 16.7. The number of Topliss-reactive ketones (excluding diaryl/α,β-unsaturated/α-hetero) is 1. The molecule has 0 atom stereocenters. The van der Waals surface area contributed by atoms with Gasteiger partial charge in [-0.25, -0.2) is 0 Å². The van der Waals surface area contributed by atoms with Gasteiger partial charge in [0.1, 0.15) is 0 Å². The van der Waals surface area contributed by atoms with E-state index in [9.17, 15) is 9.59 Å². The first-order chi connectivity index (χ1) is 11.1. The minimum Gasteiger partial charge on any atom is -0.354 e. The van der Waals surface area contributed by atoms with E-state index in [0.29, 0.717) is 17.7 Å². The molecule has 2 rings (SSSR count). The second-order valence-corrected chi connectivity index (χ2v) is 5.33. The number of carbonyl (C=O) groups excluding carboxylic acids is 2. The highest BCUT2D eigenvalue weighted by atomic mass is 16.1. The Morgan fingerprint density at radius 2 is 1.78 bits per heavy atom. The minimum atomic E-state index is -0.124. The predicted molar refractivity (Wildman–Crippen MR) is 91.2 cm³/mol. The minimum absolute atomic E-state index is 0.0314. The van der Waals surface area contributed by atoms with Crippen LogP contribution in [0.15, 0.2) is 42.7 Å². The summed E-state index contributed by atoms with van der Waals surface area (Å²) in [6.07, 6.45) is 5.20. The van der Waals surface area contributed by atoms with Gasteiger partial charge in [0, 0.05) is 24.0 Å². The quantitative estimate of drug-likeness (QED) is 0.606. The van der Waals surface area contributed by atoms with Crippen molar-refractivity contribution in [3.63, 3.8) is 0 Å². The van der Waals surface area contributed by atoms with Crippen molar-refractivity contribution in [3.8, 4) is 0 Å². The summed E-state index contributed by atoms with van der Waals surface area (Å²) in [6.45, 7) is 4.28. The number of pyridine rings is 1. The van der Waals surface area contributed by atoms with Crippen LogP contribution in [0, 0.1) is 0 Å². The highest BCUT2D eigenvalue weighted by Crippen LogP contribution is 2.17. The zero-order valence-electron chi connectivity index (χ0n) is 13.4. The van der Waals surface area contributed by atoms with Crippen molar-refractivity contribution in [1.29, 1.82) is 0 Å². The van der Waals surface area contributed by atoms with Crippen LogP contribution in [0.3, 0.4) is 0 Å². The SMILES string of the molecule is CCCCNC(=O)c1cncc(Nc2ccc(C(C)=O)cc2)c1. The summed E-state index contributed by atoms with van der Waals surface area (Å²) in [7, 11) is 0. The average molecular weight is 311 g/mol. The molecule has 0 fully saturated rings. The monoisotopic (exact) mass is 311 g/mol. The second kappa shape index (κ2) is 8.08. The Hall–Kier alpha value is -2.69. The van der Waals surface area contributed by atoms with E-state index in [1.165, 1.54) is 6.92 Å². The first-order valence-electron chi connectivity index (χ1n) is 7.71. The van der Waals surface area contributed by atoms with Gasteiger partial charge in [-0.2, -0.15) is 0 Å². The molecule has 1 aromatic carbocycles. The van der Waals surface area contributed by atoms with Gasteiger partial charge < -0.3 is 10.6 Å². The van der Waals surface area contributed by atoms with Crippen molar-refractivity contribution in [2.24, 2.45) is 0 Å². The molecular formula is C18H21N3O2. The third-order valence-electron chi connectivity index (χ3n) is 3.40. The van der Waals surface area contributed by atoms with Crippen molar-refractivity contribution < 1.29 is 9.59 Å². The van der Waals surface area contributed by atoms with Crippen molar-refractivity contribution in [3.05, 3.63) is 53.9 Å². The maximum absolute atomic E-state index is 12.0. The van der Waals surface area contributed by atoms with Crippen molar-refractivity contribution >= 4 is 23.1 Å². The van der Waals surface area contributed by atoms with Crippen LogP contribution < -0.4 is 10.6 Å². The lowest BCUT2D eigenvalue weighted by atomic mass is 10.1. The first kappa shape index (κ1) is 16.7. The molecule has 2 aromatic rings. The maximum atomic E-state index is 12.0. The molecule has 0 unspecified atom stereocenters. The Kier molecular flexibility index (Phi) is 5.86. The molecule has 0 saturated heterocycles. The van der Waals surface area contributed by atoms with E-state index in [-0.39, 0.29) is 11.7 Å². The Morgan fingerprint density at radius 1 is 1.04 bits per heavy atom. The summed E-state index contributed by atoms with van der Waals surface area (Å²) in [5.74, 6) is -0.0921. The van der Waals surface area contributed by atoms with Crippen molar-refractivity contribution in [2.45, 2.75) is 26.7 Å². The molecule has 1 heterocycles. The molecule has 0 saturated carbocycles. The lowest BCUT2D eigenvalue weighted by molar-refractivity contribution is 0.0951. The van der Waals surface area contributed by atoms with Gasteiger partial charge >= 0.3 is 0 Å². The summed E-state index contributed by atoms with van der Waals surface area (Å²) < 4.78 is 0. The smallest absolute Gasteiger partial charge is 0.252 e. The number of hydrogen-bond acceptors (Lipinski definition) is 4. The molecule has 0 spiro atoms. The van der Waals surface area contributed by atoms with Gasteiger partial charge in [0.25, 0.3) is 5.91 Å². The maximum Gasteiger partial charge on any atom is 0.252 e. The Balaban J connectivity index is 2.04. The molecule has 23 heavy (non-hydrogen) atoms. The molecule has 0 bridgehead atoms. The number of rotatable bonds is 7. The molecular weight excluding hydrogens is 290 g/mol. The number of unbranched alkanes of at least 4 members (excludes halogenated alkanes) is 1. The van der Waals surface area contributed by atoms with E-state index in [1.807, 2.05) is 12.1 Å². The number of anilines is 2. The van der Waals surface area contributed by atoms with E-state index in [1.54, 1.807) is 30.6 Å². The number of nitrogens with zero attached hydrogens (tertiary/aromatic N) is 1. The predicted octanol–water partition coefficient (Wildman–Crippen LogP) is 3.56. The van der Waals surface area contributed by atoms with Crippen LogP contribution in [-0.2, 0) is 0 Å². The van der Waals surface area contributed by atoms with Gasteiger partial charge in [-0.3, -0.25) is 14.6 Å². The van der Waals surface area contributed by atoms with Gasteiger partial charge in [0.2, 0.25) is 0 Å². The molecule has 120 valence electrons. The first-order valence-corrected chi connectivity index (χ1v) is 7.71. The number of aromatic nitrogens is 1. The van der Waals surface area contributed by atoms with Crippen LogP contribution in [0.25, 0.3) is 0 Å². The summed E-state index contributed by atoms with van der Waals surface area (Å²) in [4.78, 5) is 27.4. The molecule has 5 heteroatoms. The lowest BCUT2D eigenvalue weighted by Gasteiger charge is -2.09. The Bertz CT molecular complexity index is 681. The van der Waals surface area contributed by atoms with Crippen LogP contribution in [0.5, 0.6) is 0 Å². The van der Waals surface area contributed by atoms with Gasteiger partial charge in [0.15, 0.2) is 5.78 Å². The molecule has 0 aliphatic heterocycles. The van der Waals surface area contributed by atoms with Crippen molar-refractivity contribution in [1.82, 2.24) is 10.3 Å². The summed E-state index contributed by atoms with van der Waals surface area (Å²) >= 11 is 0. The highest BCUT2D eigenvalue weighted by molar-refractivity contribution is 5.95. The van der Waals surface area contributed by atoms with E-state index in [2.05, 4.69) is 22.5 Å². The van der Waals surface area contributed by atoms with Crippen LogP contribution in [0.1, 0.15) is 47.4 Å². The van der Waals surface area contributed by atoms with Gasteiger partial charge in [-0.15, -0.1) is 0 Å². The largest absolute Gasteiger partial charge is 0.354 e. The highest BCUT2D eigenvalue weighted by Gasteiger charge is 2.06. The molecule has 5 nitrogen and oxygen atoms in total. The van der Waals surface area contributed by atoms with Crippen LogP contribution in [0.2, 0.25) is 0 Å². The fourth-order valence-electron chi connectivity index (χ4n) is 2.07. The molecule has 0 radical (unpaired) electrons. The third-order valence-corrected chi connectivity index (χ3v) is 3.40. The second-order valence-electron chi connectivity index (χ2n) is 5.33. The molecule has 2 N–H and O–H groups in total.